The summed E-state index contributed by atoms with van der Waals surface area (Å²) in [6.45, 7) is 0. The second-order valence-electron chi connectivity index (χ2n) is 7.25. The number of aromatic nitrogens is 4. The molecular weight excluding hydrogens is 664 g/mol. The van der Waals surface area contributed by atoms with Crippen LogP contribution in [0.15, 0.2) is 48.8 Å². The van der Waals surface area contributed by atoms with Crippen LogP contribution in [0.5, 0.6) is 0 Å². The van der Waals surface area contributed by atoms with Gasteiger partial charge in [0, 0.05) is 31.3 Å². The summed E-state index contributed by atoms with van der Waals surface area (Å²) in [5.74, 6) is 0. The zero-order valence-corrected chi connectivity index (χ0v) is 26.9. The van der Waals surface area contributed by atoms with Crippen molar-refractivity contribution in [3.05, 3.63) is 60.3 Å². The molecule has 0 aliphatic rings. The summed E-state index contributed by atoms with van der Waals surface area (Å²) in [7, 11) is 2.15. The van der Waals surface area contributed by atoms with Gasteiger partial charge in [-0.3, -0.25) is 9.59 Å². The Balaban J connectivity index is 0.000000609. The van der Waals surface area contributed by atoms with Crippen LogP contribution >= 0.6 is 28.5 Å². The van der Waals surface area contributed by atoms with Gasteiger partial charge in [-0.25, -0.2) is 22.0 Å². The minimum Gasteiger partial charge on any atom is -0.632 e. The number of nitrogens with one attached hydrogen (secondary N) is 4. The smallest absolute Gasteiger partial charge is 0.632 e. The minimum atomic E-state index is -0.995. The van der Waals surface area contributed by atoms with E-state index in [1.54, 1.807) is 23.7 Å². The third kappa shape index (κ3) is 10.1. The number of H-pyrrole nitrogens is 2. The number of imidazole rings is 2. The maximum Gasteiger partial charge on any atom is 2.00 e. The molecule has 2 aromatic carbocycles. The molecule has 3 heterocycles. The van der Waals surface area contributed by atoms with Crippen molar-refractivity contribution >= 4 is 84.0 Å². The van der Waals surface area contributed by atoms with E-state index in [-0.39, 0.29) is 54.3 Å². The fourth-order valence-corrected chi connectivity index (χ4v) is 5.30. The number of benzene rings is 2. The monoisotopic (exact) mass is 684 g/mol. The van der Waals surface area contributed by atoms with E-state index in [9.17, 15) is 19.2 Å². The summed E-state index contributed by atoms with van der Waals surface area (Å²) in [6.07, 6.45) is 1.51. The van der Waals surface area contributed by atoms with Crippen molar-refractivity contribution in [3.63, 3.8) is 0 Å². The normalized spacial score (nSPS) is 10.2. The Morgan fingerprint density at radius 1 is 0.780 bits per heavy atom. The van der Waals surface area contributed by atoms with Crippen LogP contribution in [0.2, 0.25) is 0 Å². The Bertz CT molecular complexity index is 1510. The minimum absolute atomic E-state index is 0. The average molecular weight is 684 g/mol. The van der Waals surface area contributed by atoms with Gasteiger partial charge >= 0.3 is 37.1 Å². The molecular formula is C24H20N6O6P2SV2. The van der Waals surface area contributed by atoms with Crippen LogP contribution in [0.1, 0.15) is 0 Å². The van der Waals surface area contributed by atoms with Crippen LogP contribution in [0.25, 0.3) is 54.2 Å². The van der Waals surface area contributed by atoms with Gasteiger partial charge in [-0.15, -0.1) is 11.3 Å². The number of thiophene rings is 1. The molecule has 3 aromatic heterocycles. The fourth-order valence-electron chi connectivity index (χ4n) is 3.27. The van der Waals surface area contributed by atoms with Crippen molar-refractivity contribution in [1.82, 2.24) is 19.9 Å². The van der Waals surface area contributed by atoms with Crippen molar-refractivity contribution < 1.29 is 65.8 Å². The molecule has 41 heavy (non-hydrogen) atoms. The summed E-state index contributed by atoms with van der Waals surface area (Å²) in [6, 6.07) is 16.4. The number of amides is 2. The third-order valence-corrected chi connectivity index (χ3v) is 7.26. The first kappa shape index (κ1) is 36.0. The average Bonchev–Trinajstić information content (AvgIpc) is 3.67. The predicted molar refractivity (Wildman–Crippen MR) is 155 cm³/mol. The van der Waals surface area contributed by atoms with E-state index in [0.29, 0.717) is 11.1 Å². The van der Waals surface area contributed by atoms with E-state index < -0.39 is 12.2 Å². The molecule has 0 aliphatic carbocycles. The molecule has 0 fully saturated rings. The molecule has 0 bridgehead atoms. The molecule has 0 aliphatic heterocycles. The number of methoxy groups -OCH3 is 2. The Kier molecular flexibility index (Phi) is 15.6. The molecule has 2 radical (unpaired) electrons. The van der Waals surface area contributed by atoms with Gasteiger partial charge in [-0.2, -0.15) is 17.2 Å². The van der Waals surface area contributed by atoms with Crippen LogP contribution < -0.4 is 11.1 Å². The standard InChI is InChI=1S/C20H12N4O2P2S.2C2H5NO2.2V/c25-9-27-19-21-7-15(23-19)11-1-3-13-14-4-2-12(6-18(14)29-17(13)5-11)16-8-22-20(24-16)28-10-26;2*1-5-2(3)4;;/h1-8,27-28H,(H,21,23)(H,22,24);2*1H3,(H2,3,4);;/q-2;;;2*+2/p-2. The van der Waals surface area contributed by atoms with Gasteiger partial charge in [0.25, 0.3) is 0 Å². The van der Waals surface area contributed by atoms with Gasteiger partial charge in [0.1, 0.15) is 0 Å². The van der Waals surface area contributed by atoms with Gasteiger partial charge in [0.15, 0.2) is 0 Å². The van der Waals surface area contributed by atoms with Gasteiger partial charge < -0.3 is 40.5 Å². The number of carbonyl (C=O) groups is 2. The number of nitrogens with zero attached hydrogens (tertiary/aromatic N) is 2. The van der Waals surface area contributed by atoms with Crippen LogP contribution in [-0.4, -0.2) is 58.4 Å². The van der Waals surface area contributed by atoms with E-state index in [1.807, 2.05) is 12.1 Å². The number of rotatable bonds is 6. The number of ether oxygens (including phenoxy) is 2. The molecule has 208 valence electrons. The molecule has 5 aromatic rings. The molecule has 4 N–H and O–H groups in total. The Morgan fingerprint density at radius 3 is 1.46 bits per heavy atom. The summed E-state index contributed by atoms with van der Waals surface area (Å²) in [5.41, 5.74) is 17.1. The van der Waals surface area contributed by atoms with Crippen molar-refractivity contribution in [1.29, 1.82) is 0 Å². The van der Waals surface area contributed by atoms with Crippen molar-refractivity contribution in [2.45, 2.75) is 0 Å². The first-order chi connectivity index (χ1) is 18.8. The van der Waals surface area contributed by atoms with Crippen molar-refractivity contribution in [2.24, 2.45) is 0 Å². The van der Waals surface area contributed by atoms with Crippen molar-refractivity contribution in [2.75, 3.05) is 14.2 Å². The predicted octanol–water partition coefficient (Wildman–Crippen LogP) is 5.18. The number of aromatic amines is 2. The summed E-state index contributed by atoms with van der Waals surface area (Å²) in [5, 5.41) is 2.40. The van der Waals surface area contributed by atoms with E-state index >= 15 is 0 Å². The molecule has 5 rings (SSSR count). The first-order valence-electron chi connectivity index (χ1n) is 10.7. The molecule has 0 saturated carbocycles. The third-order valence-electron chi connectivity index (χ3n) is 4.96. The van der Waals surface area contributed by atoms with E-state index in [1.165, 1.54) is 20.2 Å². The number of hydrogen-bond donors (Lipinski definition) is 2. The molecule has 0 spiro atoms. The molecule has 2 atom stereocenters. The number of carbonyl (C=O) groups excluding carboxylic acids is 4. The number of hydrogen-bond acceptors (Lipinski definition) is 9. The maximum atomic E-state index is 10.6. The topological polar surface area (TPSA) is 192 Å². The van der Waals surface area contributed by atoms with Crippen LogP contribution in [0, 0.1) is 0 Å². The van der Waals surface area contributed by atoms with Crippen LogP contribution in [-0.2, 0) is 56.2 Å². The SMILES string of the molecule is COC([NH-])=O.COC([NH-])=O.O=[C-]Pc1ncc(-c2ccc3c(c2)sc2cc(-c4cnc(P[C-]=O)[nH]4)ccc23)[nH]1.[V+2].[V+2]. The zero-order chi connectivity index (χ0) is 28.4. The largest absolute Gasteiger partial charge is 2.00 e. The second-order valence-corrected chi connectivity index (χ2v) is 10.2. The van der Waals surface area contributed by atoms with E-state index in [0.717, 1.165) is 36.7 Å². The Morgan fingerprint density at radius 2 is 1.15 bits per heavy atom. The molecule has 0 saturated heterocycles. The van der Waals surface area contributed by atoms with Crippen molar-refractivity contribution in [3.8, 4) is 22.5 Å². The molecule has 2 unspecified atom stereocenters. The second kappa shape index (κ2) is 17.7. The van der Waals surface area contributed by atoms with E-state index in [4.69, 9.17) is 11.5 Å². The molecule has 17 heteroatoms. The van der Waals surface area contributed by atoms with E-state index in [2.05, 4.69) is 65.8 Å². The Hall–Kier alpha value is -3.01. The summed E-state index contributed by atoms with van der Waals surface area (Å²) < 4.78 is 9.91. The fraction of sp³-hybridized carbons (Fsp3) is 0.0833. The van der Waals surface area contributed by atoms with Gasteiger partial charge in [-0.1, -0.05) is 24.3 Å². The molecule has 2 amide bonds. The maximum absolute atomic E-state index is 10.6. The van der Waals surface area contributed by atoms with Gasteiger partial charge in [0.2, 0.25) is 12.2 Å². The molecule has 12 nitrogen and oxygen atoms in total. The summed E-state index contributed by atoms with van der Waals surface area (Å²) >= 11 is 1.72. The van der Waals surface area contributed by atoms with Crippen LogP contribution in [0.3, 0.4) is 0 Å². The summed E-state index contributed by atoms with van der Waals surface area (Å²) in [4.78, 5) is 54.5. The van der Waals surface area contributed by atoms with Gasteiger partial charge in [0.05, 0.1) is 49.1 Å². The Labute approximate surface area is 265 Å². The first-order valence-corrected chi connectivity index (χ1v) is 13.5. The zero-order valence-electron chi connectivity index (χ0n) is 21.3. The number of fused-ring (bicyclic) bond motifs is 3. The van der Waals surface area contributed by atoms with Gasteiger partial charge in [-0.05, 0) is 12.1 Å². The van der Waals surface area contributed by atoms with Crippen LogP contribution in [0.4, 0.5) is 9.59 Å². The quantitative estimate of drug-likeness (QED) is 0.180.